The van der Waals surface area contributed by atoms with Gasteiger partial charge in [0.2, 0.25) is 11.5 Å². The molecular formula is C12H15BrO6. The topological polar surface area (TPSA) is 86.0 Å². The molecule has 0 aliphatic rings. The molecule has 0 fully saturated rings. The Morgan fingerprint density at radius 2 is 2.16 bits per heavy atom. The van der Waals surface area contributed by atoms with Crippen LogP contribution in [0.5, 0.6) is 5.75 Å². The summed E-state index contributed by atoms with van der Waals surface area (Å²) in [4.78, 5) is 22.9. The Kier molecular flexibility index (Phi) is 5.13. The summed E-state index contributed by atoms with van der Waals surface area (Å²) in [5, 5.41) is 9.53. The average molecular weight is 335 g/mol. The number of hydrogen-bond acceptors (Lipinski definition) is 6. The van der Waals surface area contributed by atoms with Crippen LogP contribution < -0.4 is 10.4 Å². The normalized spacial score (nSPS) is 11.2. The Morgan fingerprint density at radius 1 is 1.53 bits per heavy atom. The van der Waals surface area contributed by atoms with E-state index in [2.05, 4.69) is 20.7 Å². The number of carbonyl (C=O) groups is 1. The Hall–Kier alpha value is -1.34. The molecular weight excluding hydrogens is 320 g/mol. The molecule has 1 aromatic rings. The fourth-order valence-corrected chi connectivity index (χ4v) is 1.67. The summed E-state index contributed by atoms with van der Waals surface area (Å²) in [5.74, 6) is -1.01. The van der Waals surface area contributed by atoms with Crippen molar-refractivity contribution in [1.82, 2.24) is 0 Å². The number of methoxy groups -OCH3 is 1. The van der Waals surface area contributed by atoms with E-state index < -0.39 is 17.2 Å². The molecule has 0 spiro atoms. The summed E-state index contributed by atoms with van der Waals surface area (Å²) in [5.41, 5.74) is -1.68. The molecule has 6 nitrogen and oxygen atoms in total. The van der Waals surface area contributed by atoms with Gasteiger partial charge in [0.05, 0.1) is 23.8 Å². The van der Waals surface area contributed by atoms with E-state index in [4.69, 9.17) is 9.15 Å². The molecule has 0 amide bonds. The van der Waals surface area contributed by atoms with E-state index in [9.17, 15) is 14.7 Å². The molecule has 106 valence electrons. The molecule has 19 heavy (non-hydrogen) atoms. The predicted molar refractivity (Wildman–Crippen MR) is 70.4 cm³/mol. The van der Waals surface area contributed by atoms with Crippen LogP contribution in [0.3, 0.4) is 0 Å². The first-order valence-corrected chi connectivity index (χ1v) is 6.31. The molecule has 0 atom stereocenters. The minimum absolute atomic E-state index is 0.0445. The standard InChI is InChI=1S/C12H15BrO6/c1-12(2,16)4-5-18-9-7(13)6-8(10(14)17-3)19-11(9)15/h6,16H,4-5H2,1-3H3. The van der Waals surface area contributed by atoms with Crippen molar-refractivity contribution in [3.8, 4) is 5.75 Å². The molecule has 1 heterocycles. The number of aliphatic hydroxyl groups is 1. The lowest BCUT2D eigenvalue weighted by atomic mass is 10.1. The Balaban J connectivity index is 2.86. The van der Waals surface area contributed by atoms with Gasteiger partial charge in [0.25, 0.3) is 0 Å². The molecule has 0 radical (unpaired) electrons. The lowest BCUT2D eigenvalue weighted by Crippen LogP contribution is -2.23. The van der Waals surface area contributed by atoms with Crippen LogP contribution >= 0.6 is 15.9 Å². The van der Waals surface area contributed by atoms with Crippen LogP contribution in [-0.4, -0.2) is 30.4 Å². The lowest BCUT2D eigenvalue weighted by Gasteiger charge is -2.16. The fourth-order valence-electron chi connectivity index (χ4n) is 1.19. The van der Waals surface area contributed by atoms with Crippen molar-refractivity contribution in [2.45, 2.75) is 25.9 Å². The largest absolute Gasteiger partial charge is 0.486 e. The van der Waals surface area contributed by atoms with Gasteiger partial charge in [0.1, 0.15) is 0 Å². The third kappa shape index (κ3) is 4.68. The first-order valence-electron chi connectivity index (χ1n) is 5.52. The Bertz CT molecular complexity index is 514. The van der Waals surface area contributed by atoms with Crippen LogP contribution in [0.25, 0.3) is 0 Å². The van der Waals surface area contributed by atoms with E-state index in [1.165, 1.54) is 13.2 Å². The van der Waals surface area contributed by atoms with Gasteiger partial charge in [-0.1, -0.05) is 0 Å². The van der Waals surface area contributed by atoms with Crippen molar-refractivity contribution in [2.75, 3.05) is 13.7 Å². The van der Waals surface area contributed by atoms with E-state index >= 15 is 0 Å². The number of rotatable bonds is 5. The zero-order chi connectivity index (χ0) is 14.6. The molecule has 0 bridgehead atoms. The van der Waals surface area contributed by atoms with Crippen LogP contribution in [0.2, 0.25) is 0 Å². The zero-order valence-corrected chi connectivity index (χ0v) is 12.4. The van der Waals surface area contributed by atoms with Crippen LogP contribution in [0, 0.1) is 0 Å². The number of halogens is 1. The van der Waals surface area contributed by atoms with Crippen molar-refractivity contribution in [2.24, 2.45) is 0 Å². The Labute approximate surface area is 118 Å². The third-order valence-corrected chi connectivity index (χ3v) is 2.80. The second kappa shape index (κ2) is 6.21. The molecule has 7 heteroatoms. The van der Waals surface area contributed by atoms with E-state index in [0.29, 0.717) is 10.9 Å². The van der Waals surface area contributed by atoms with E-state index in [1.807, 2.05) is 0 Å². The molecule has 0 saturated carbocycles. The minimum Gasteiger partial charge on any atom is -0.486 e. The highest BCUT2D eigenvalue weighted by Gasteiger charge is 2.18. The van der Waals surface area contributed by atoms with Crippen molar-refractivity contribution < 1.29 is 23.8 Å². The van der Waals surface area contributed by atoms with Crippen molar-refractivity contribution in [3.05, 3.63) is 26.7 Å². The summed E-state index contributed by atoms with van der Waals surface area (Å²) in [6.45, 7) is 3.41. The highest BCUT2D eigenvalue weighted by Crippen LogP contribution is 2.23. The average Bonchev–Trinajstić information content (AvgIpc) is 2.30. The highest BCUT2D eigenvalue weighted by molar-refractivity contribution is 9.10. The molecule has 1 aromatic heterocycles. The molecule has 0 aliphatic heterocycles. The second-order valence-corrected chi connectivity index (χ2v) is 5.33. The Morgan fingerprint density at radius 3 is 2.63 bits per heavy atom. The molecule has 1 rings (SSSR count). The van der Waals surface area contributed by atoms with Gasteiger partial charge < -0.3 is 19.0 Å². The fraction of sp³-hybridized carbons (Fsp3) is 0.500. The van der Waals surface area contributed by atoms with Crippen LogP contribution in [-0.2, 0) is 4.74 Å². The molecule has 0 aliphatic carbocycles. The minimum atomic E-state index is -0.890. The summed E-state index contributed by atoms with van der Waals surface area (Å²) >= 11 is 3.12. The summed E-state index contributed by atoms with van der Waals surface area (Å²) < 4.78 is 14.8. The van der Waals surface area contributed by atoms with Gasteiger partial charge >= 0.3 is 11.6 Å². The maximum absolute atomic E-state index is 11.6. The van der Waals surface area contributed by atoms with Gasteiger partial charge in [-0.05, 0) is 29.8 Å². The van der Waals surface area contributed by atoms with Gasteiger partial charge in [0, 0.05) is 12.5 Å². The van der Waals surface area contributed by atoms with E-state index in [-0.39, 0.29) is 18.1 Å². The van der Waals surface area contributed by atoms with Gasteiger partial charge in [0.15, 0.2) is 0 Å². The van der Waals surface area contributed by atoms with Crippen LogP contribution in [0.4, 0.5) is 0 Å². The predicted octanol–water partition coefficient (Wildman–Crippen LogP) is 1.73. The maximum Gasteiger partial charge on any atom is 0.380 e. The van der Waals surface area contributed by atoms with E-state index in [1.54, 1.807) is 13.8 Å². The SMILES string of the molecule is COC(=O)c1cc(Br)c(OCCC(C)(C)O)c(=O)o1. The molecule has 0 aromatic carbocycles. The third-order valence-electron chi connectivity index (χ3n) is 2.21. The summed E-state index contributed by atoms with van der Waals surface area (Å²) in [6.07, 6.45) is 0.345. The van der Waals surface area contributed by atoms with Crippen molar-refractivity contribution in [1.29, 1.82) is 0 Å². The zero-order valence-electron chi connectivity index (χ0n) is 10.9. The van der Waals surface area contributed by atoms with Crippen molar-refractivity contribution in [3.63, 3.8) is 0 Å². The summed E-state index contributed by atoms with van der Waals surface area (Å²) in [6, 6.07) is 1.30. The smallest absolute Gasteiger partial charge is 0.380 e. The number of hydrogen-bond donors (Lipinski definition) is 1. The van der Waals surface area contributed by atoms with Crippen LogP contribution in [0.15, 0.2) is 19.8 Å². The van der Waals surface area contributed by atoms with Gasteiger partial charge in [-0.25, -0.2) is 9.59 Å². The van der Waals surface area contributed by atoms with Gasteiger partial charge in [-0.3, -0.25) is 0 Å². The van der Waals surface area contributed by atoms with Crippen molar-refractivity contribution >= 4 is 21.9 Å². The first kappa shape index (κ1) is 15.7. The second-order valence-electron chi connectivity index (χ2n) is 4.48. The number of carbonyl (C=O) groups excluding carboxylic acids is 1. The quantitative estimate of drug-likeness (QED) is 0.825. The number of esters is 1. The lowest BCUT2D eigenvalue weighted by molar-refractivity contribution is 0.0539. The van der Waals surface area contributed by atoms with Gasteiger partial charge in [-0.2, -0.15) is 0 Å². The molecule has 0 unspecified atom stereocenters. The number of ether oxygens (including phenoxy) is 2. The maximum atomic E-state index is 11.6. The first-order chi connectivity index (χ1) is 8.74. The van der Waals surface area contributed by atoms with Gasteiger partial charge in [-0.15, -0.1) is 0 Å². The van der Waals surface area contributed by atoms with Crippen LogP contribution in [0.1, 0.15) is 30.8 Å². The van der Waals surface area contributed by atoms with E-state index in [0.717, 1.165) is 0 Å². The highest BCUT2D eigenvalue weighted by atomic mass is 79.9. The molecule has 0 saturated heterocycles. The molecule has 1 N–H and O–H groups in total. The summed E-state index contributed by atoms with van der Waals surface area (Å²) in [7, 11) is 1.18. The monoisotopic (exact) mass is 334 g/mol.